The van der Waals surface area contributed by atoms with Crippen LogP contribution in [0.2, 0.25) is 18.1 Å². The Morgan fingerprint density at radius 2 is 2.12 bits per heavy atom. The van der Waals surface area contributed by atoms with Crippen LogP contribution in [0.4, 0.5) is 5.95 Å². The van der Waals surface area contributed by atoms with Crippen molar-refractivity contribution in [2.24, 2.45) is 5.92 Å². The summed E-state index contributed by atoms with van der Waals surface area (Å²) >= 11 is 1.29. The van der Waals surface area contributed by atoms with Gasteiger partial charge in [-0.3, -0.25) is 24.5 Å². The molecule has 10 nitrogen and oxygen atoms in total. The first-order valence-electron chi connectivity index (χ1n) is 11.1. The number of H-pyrrole nitrogens is 1. The highest BCUT2D eigenvalue weighted by Crippen LogP contribution is 2.39. The quantitative estimate of drug-likeness (QED) is 0.418. The van der Waals surface area contributed by atoms with Crippen molar-refractivity contribution in [3.05, 3.63) is 16.7 Å². The van der Waals surface area contributed by atoms with Gasteiger partial charge >= 0.3 is 0 Å². The van der Waals surface area contributed by atoms with Crippen molar-refractivity contribution in [1.82, 2.24) is 19.5 Å². The predicted octanol–water partition coefficient (Wildman–Crippen LogP) is 3.69. The number of hydrogen-bond donors (Lipinski definition) is 2. The highest BCUT2D eigenvalue weighted by atomic mass is 32.2. The summed E-state index contributed by atoms with van der Waals surface area (Å²) in [7, 11) is -1.96. The zero-order chi connectivity index (χ0) is 24.6. The smallest absolute Gasteiger partial charge is 0.280 e. The van der Waals surface area contributed by atoms with Crippen molar-refractivity contribution in [2.45, 2.75) is 77.6 Å². The molecule has 0 aliphatic carbocycles. The first-order chi connectivity index (χ1) is 15.3. The number of imidazole rings is 1. The Kier molecular flexibility index (Phi) is 7.74. The molecule has 0 saturated carbocycles. The highest BCUT2D eigenvalue weighted by molar-refractivity contribution is 7.93. The topological polar surface area (TPSA) is 120 Å². The molecule has 184 valence electrons. The highest BCUT2D eigenvalue weighted by Gasteiger charge is 2.42. The number of carbonyl (C=O) groups excluding carboxylic acids is 1. The summed E-state index contributed by atoms with van der Waals surface area (Å²) in [6, 6.07) is 0. The number of aromatic nitrogens is 4. The maximum atomic E-state index is 12.5. The first-order valence-corrected chi connectivity index (χ1v) is 15.2. The number of amides is 1. The third-order valence-corrected chi connectivity index (χ3v) is 11.3. The average molecular weight is 498 g/mol. The van der Waals surface area contributed by atoms with Gasteiger partial charge in [-0.1, -0.05) is 34.6 Å². The molecule has 3 atom stereocenters. The summed E-state index contributed by atoms with van der Waals surface area (Å²) in [6.07, 6.45) is 3.09. The number of fused-ring (bicyclic) bond motifs is 1. The molecule has 0 aromatic carbocycles. The molecule has 2 aromatic heterocycles. The van der Waals surface area contributed by atoms with E-state index in [4.69, 9.17) is 13.3 Å². The van der Waals surface area contributed by atoms with Crippen molar-refractivity contribution in [1.29, 1.82) is 0 Å². The molecule has 2 aromatic rings. The lowest BCUT2D eigenvalue weighted by molar-refractivity contribution is -0.118. The van der Waals surface area contributed by atoms with Gasteiger partial charge in [0.25, 0.3) is 5.56 Å². The van der Waals surface area contributed by atoms with Gasteiger partial charge in [0.15, 0.2) is 19.5 Å². The maximum absolute atomic E-state index is 12.5. The van der Waals surface area contributed by atoms with Crippen molar-refractivity contribution in [2.75, 3.05) is 18.2 Å². The minimum Gasteiger partial charge on any atom is -0.414 e. The van der Waals surface area contributed by atoms with Gasteiger partial charge in [0.2, 0.25) is 11.9 Å². The monoisotopic (exact) mass is 497 g/mol. The summed E-state index contributed by atoms with van der Waals surface area (Å²) in [5.74, 6) is -0.405. The minimum absolute atomic E-state index is 0.0840. The Morgan fingerprint density at radius 1 is 1.42 bits per heavy atom. The fourth-order valence-corrected chi connectivity index (χ4v) is 4.67. The van der Waals surface area contributed by atoms with E-state index in [1.807, 2.05) is 6.26 Å². The average Bonchev–Trinajstić information content (AvgIpc) is 3.30. The Labute approximate surface area is 199 Å². The lowest BCUT2D eigenvalue weighted by atomic mass is 10.2. The summed E-state index contributed by atoms with van der Waals surface area (Å²) in [4.78, 5) is 35.8. The molecule has 0 unspecified atom stereocenters. The second-order valence-corrected chi connectivity index (χ2v) is 15.5. The third kappa shape index (κ3) is 5.68. The van der Waals surface area contributed by atoms with E-state index < -0.39 is 20.1 Å². The lowest BCUT2D eigenvalue weighted by Crippen LogP contribution is -2.44. The Morgan fingerprint density at radius 3 is 2.73 bits per heavy atom. The van der Waals surface area contributed by atoms with Gasteiger partial charge < -0.3 is 13.3 Å². The molecule has 1 saturated heterocycles. The van der Waals surface area contributed by atoms with Crippen LogP contribution in [0.25, 0.3) is 11.2 Å². The van der Waals surface area contributed by atoms with E-state index in [1.54, 1.807) is 24.7 Å². The molecule has 2 N–H and O–H groups in total. The van der Waals surface area contributed by atoms with Crippen LogP contribution in [0.3, 0.4) is 0 Å². The number of ether oxygens (including phenoxy) is 1. The molecule has 3 rings (SSSR count). The molecule has 33 heavy (non-hydrogen) atoms. The second kappa shape index (κ2) is 9.86. The second-order valence-electron chi connectivity index (χ2n) is 10.1. The van der Waals surface area contributed by atoms with Crippen molar-refractivity contribution >= 4 is 43.4 Å². The number of nitrogens with zero attached hydrogens (tertiary/aromatic N) is 3. The molecular weight excluding hydrogens is 462 g/mol. The van der Waals surface area contributed by atoms with Crippen molar-refractivity contribution in [3.63, 3.8) is 0 Å². The van der Waals surface area contributed by atoms with E-state index >= 15 is 0 Å². The first kappa shape index (κ1) is 25.9. The van der Waals surface area contributed by atoms with Gasteiger partial charge in [-0.2, -0.15) is 4.98 Å². The summed E-state index contributed by atoms with van der Waals surface area (Å²) in [5, 5.41) is 2.73. The molecule has 1 aliphatic rings. The van der Waals surface area contributed by atoms with Crippen LogP contribution in [0.5, 0.6) is 0 Å². The van der Waals surface area contributed by atoms with Gasteiger partial charge in [0, 0.05) is 18.6 Å². The summed E-state index contributed by atoms with van der Waals surface area (Å²) < 4.78 is 20.3. The molecule has 3 heterocycles. The van der Waals surface area contributed by atoms with Crippen LogP contribution >= 0.6 is 12.0 Å². The van der Waals surface area contributed by atoms with Crippen LogP contribution in [0.1, 0.15) is 47.3 Å². The number of aromatic amines is 1. The number of anilines is 1. The molecule has 12 heteroatoms. The van der Waals surface area contributed by atoms with Gasteiger partial charge in [-0.15, -0.1) is 0 Å². The van der Waals surface area contributed by atoms with Gasteiger partial charge in [-0.25, -0.2) is 4.98 Å². The van der Waals surface area contributed by atoms with Crippen LogP contribution in [-0.2, 0) is 18.1 Å². The van der Waals surface area contributed by atoms with E-state index in [1.165, 1.54) is 12.0 Å². The molecular formula is C21H35N5O5SSi. The van der Waals surface area contributed by atoms with E-state index in [2.05, 4.69) is 54.1 Å². The Bertz CT molecular complexity index is 1050. The Balaban J connectivity index is 1.85. The SMILES string of the molecule is CSO[C@H]1C[C@H](n2cnc3c(=O)[nH]c(NC(=O)C(C)C)nc32)O[C@@H]1CO[Si](C)(C)C(C)(C)C. The number of rotatable bonds is 8. The van der Waals surface area contributed by atoms with Crippen molar-refractivity contribution in [3.8, 4) is 0 Å². The van der Waals surface area contributed by atoms with E-state index in [-0.39, 0.29) is 40.5 Å². The van der Waals surface area contributed by atoms with Crippen LogP contribution < -0.4 is 10.9 Å². The molecule has 1 fully saturated rings. The van der Waals surface area contributed by atoms with Crippen LogP contribution in [0, 0.1) is 5.92 Å². The number of hydrogen-bond acceptors (Lipinski definition) is 8. The van der Waals surface area contributed by atoms with Gasteiger partial charge in [0.1, 0.15) is 18.4 Å². The fraction of sp³-hybridized carbons (Fsp3) is 0.714. The summed E-state index contributed by atoms with van der Waals surface area (Å²) in [6.45, 7) is 15.0. The van der Waals surface area contributed by atoms with Gasteiger partial charge in [-0.05, 0) is 30.2 Å². The fourth-order valence-electron chi connectivity index (χ4n) is 3.21. The lowest BCUT2D eigenvalue weighted by Gasteiger charge is -2.37. The zero-order valence-corrected chi connectivity index (χ0v) is 22.4. The summed E-state index contributed by atoms with van der Waals surface area (Å²) in [5.41, 5.74) is 0.103. The number of nitrogens with one attached hydrogen (secondary N) is 2. The maximum Gasteiger partial charge on any atom is 0.280 e. The van der Waals surface area contributed by atoms with Crippen LogP contribution in [-0.4, -0.2) is 58.8 Å². The molecule has 0 bridgehead atoms. The molecule has 0 spiro atoms. The van der Waals surface area contributed by atoms with Gasteiger partial charge in [0.05, 0.1) is 12.9 Å². The zero-order valence-electron chi connectivity index (χ0n) is 20.6. The molecule has 1 aliphatic heterocycles. The molecule has 1 amide bonds. The third-order valence-electron chi connectivity index (χ3n) is 6.32. The van der Waals surface area contributed by atoms with Crippen LogP contribution in [0.15, 0.2) is 11.1 Å². The standard InChI is InChI=1S/C21H35N5O5SSi/c1-12(2)18(27)24-20-23-17-16(19(28)25-20)22-11-26(17)15-9-13(31-32-6)14(30-15)10-29-33(7,8)21(3,4)5/h11-15H,9-10H2,1-8H3,(H2,23,24,25,27,28)/t13-,14+,15+/m0/s1. The molecule has 0 radical (unpaired) electrons. The largest absolute Gasteiger partial charge is 0.414 e. The minimum atomic E-state index is -1.96. The predicted molar refractivity (Wildman–Crippen MR) is 132 cm³/mol. The van der Waals surface area contributed by atoms with E-state index in [9.17, 15) is 9.59 Å². The van der Waals surface area contributed by atoms with E-state index in [0.717, 1.165) is 0 Å². The normalized spacial score (nSPS) is 21.8. The van der Waals surface area contributed by atoms with Crippen molar-refractivity contribution < 1.29 is 18.1 Å². The number of carbonyl (C=O) groups is 1. The van der Waals surface area contributed by atoms with E-state index in [0.29, 0.717) is 18.7 Å². The Hall–Kier alpha value is -1.73.